The van der Waals surface area contributed by atoms with Crippen molar-refractivity contribution in [2.24, 2.45) is 0 Å². The highest BCUT2D eigenvalue weighted by atomic mass is 32.1. The summed E-state index contributed by atoms with van der Waals surface area (Å²) in [5, 5.41) is 4.14. The molecule has 0 unspecified atom stereocenters. The fraction of sp³-hybridized carbons (Fsp3) is 0.200. The lowest BCUT2D eigenvalue weighted by Crippen LogP contribution is -2.25. The number of hydrogen-bond donors (Lipinski definition) is 1. The van der Waals surface area contributed by atoms with Gasteiger partial charge in [-0.05, 0) is 48.6 Å². The van der Waals surface area contributed by atoms with Gasteiger partial charge in [-0.3, -0.25) is 4.98 Å². The minimum absolute atomic E-state index is 0.00652. The molecular weight excluding hydrogens is 344 g/mol. The van der Waals surface area contributed by atoms with Gasteiger partial charge in [0, 0.05) is 36.9 Å². The fourth-order valence-electron chi connectivity index (χ4n) is 3.46. The molecular formula is C20H20N4OS. The Kier molecular flexibility index (Phi) is 4.34. The van der Waals surface area contributed by atoms with Crippen LogP contribution in [0.3, 0.4) is 0 Å². The Morgan fingerprint density at radius 1 is 1.12 bits per heavy atom. The minimum Gasteiger partial charge on any atom is -0.497 e. The number of ether oxygens (including phenoxy) is 1. The molecule has 0 aliphatic carbocycles. The molecule has 1 aliphatic heterocycles. The molecule has 4 rings (SSSR count). The highest BCUT2D eigenvalue weighted by Crippen LogP contribution is 2.38. The number of rotatable bonds is 4. The molecule has 26 heavy (non-hydrogen) atoms. The molecule has 6 heteroatoms. The molecule has 1 aliphatic rings. The Morgan fingerprint density at radius 3 is 2.77 bits per heavy atom. The Balaban J connectivity index is 1.79. The molecule has 1 saturated heterocycles. The second-order valence-corrected chi connectivity index (χ2v) is 6.63. The highest BCUT2D eigenvalue weighted by molar-refractivity contribution is 7.80. The van der Waals surface area contributed by atoms with E-state index in [9.17, 15) is 0 Å². The number of thiocarbonyl (C=S) groups is 1. The van der Waals surface area contributed by atoms with E-state index < -0.39 is 0 Å². The summed E-state index contributed by atoms with van der Waals surface area (Å²) in [6, 6.07) is 18.2. The van der Waals surface area contributed by atoms with Crippen LogP contribution in [0.5, 0.6) is 5.75 Å². The standard InChI is InChI=1S/C20H20N4OS/c1-23-19(18(22-20(23)26)16-9-3-4-11-21-16)17-10-6-12-24(17)14-7-5-8-15(13-14)25-2/h3-13,18-19H,1-2H3,(H,22,26)/t18-,19+/m1/s1. The van der Waals surface area contributed by atoms with Crippen molar-refractivity contribution in [1.82, 2.24) is 19.8 Å². The van der Waals surface area contributed by atoms with Crippen LogP contribution in [0.2, 0.25) is 0 Å². The number of pyridine rings is 1. The zero-order valence-electron chi connectivity index (χ0n) is 14.7. The van der Waals surface area contributed by atoms with E-state index >= 15 is 0 Å². The number of aromatic nitrogens is 2. The van der Waals surface area contributed by atoms with Crippen LogP contribution in [0.4, 0.5) is 0 Å². The highest BCUT2D eigenvalue weighted by Gasteiger charge is 2.39. The zero-order valence-corrected chi connectivity index (χ0v) is 15.5. The van der Waals surface area contributed by atoms with Gasteiger partial charge in [-0.25, -0.2) is 0 Å². The quantitative estimate of drug-likeness (QED) is 0.718. The van der Waals surface area contributed by atoms with Crippen molar-refractivity contribution >= 4 is 17.3 Å². The molecule has 0 spiro atoms. The lowest BCUT2D eigenvalue weighted by Gasteiger charge is -2.25. The molecule has 1 fully saturated rings. The summed E-state index contributed by atoms with van der Waals surface area (Å²) in [7, 11) is 3.70. The van der Waals surface area contributed by atoms with Crippen molar-refractivity contribution in [1.29, 1.82) is 0 Å². The third-order valence-corrected chi connectivity index (χ3v) is 5.16. The van der Waals surface area contributed by atoms with E-state index in [4.69, 9.17) is 17.0 Å². The average molecular weight is 364 g/mol. The predicted octanol–water partition coefficient (Wildman–Crippen LogP) is 3.48. The van der Waals surface area contributed by atoms with Crippen LogP contribution >= 0.6 is 12.2 Å². The number of methoxy groups -OCH3 is 1. The van der Waals surface area contributed by atoms with E-state index in [-0.39, 0.29) is 12.1 Å². The second-order valence-electron chi connectivity index (χ2n) is 6.24. The third-order valence-electron chi connectivity index (χ3n) is 4.75. The van der Waals surface area contributed by atoms with E-state index in [2.05, 4.69) is 44.2 Å². The minimum atomic E-state index is -0.00652. The van der Waals surface area contributed by atoms with Crippen molar-refractivity contribution in [3.63, 3.8) is 0 Å². The lowest BCUT2D eigenvalue weighted by atomic mass is 10.0. The van der Waals surface area contributed by atoms with Crippen molar-refractivity contribution in [3.8, 4) is 11.4 Å². The van der Waals surface area contributed by atoms with Gasteiger partial charge >= 0.3 is 0 Å². The van der Waals surface area contributed by atoms with Gasteiger partial charge in [-0.1, -0.05) is 12.1 Å². The molecule has 2 atom stereocenters. The summed E-state index contributed by atoms with van der Waals surface area (Å²) < 4.78 is 7.56. The monoisotopic (exact) mass is 364 g/mol. The first-order valence-electron chi connectivity index (χ1n) is 8.45. The van der Waals surface area contributed by atoms with Crippen LogP contribution < -0.4 is 10.1 Å². The zero-order chi connectivity index (χ0) is 18.1. The van der Waals surface area contributed by atoms with Crippen LogP contribution in [0.15, 0.2) is 67.0 Å². The van der Waals surface area contributed by atoms with Gasteiger partial charge in [-0.15, -0.1) is 0 Å². The smallest absolute Gasteiger partial charge is 0.169 e. The number of nitrogens with one attached hydrogen (secondary N) is 1. The van der Waals surface area contributed by atoms with Gasteiger partial charge in [0.1, 0.15) is 5.75 Å². The van der Waals surface area contributed by atoms with Crippen molar-refractivity contribution < 1.29 is 4.74 Å². The SMILES string of the molecule is COc1cccc(-n2cccc2[C@H]2[C@@H](c3ccccn3)NC(=S)N2C)c1. The maximum atomic E-state index is 5.53. The molecule has 5 nitrogen and oxygen atoms in total. The molecule has 132 valence electrons. The van der Waals surface area contributed by atoms with Gasteiger partial charge in [-0.2, -0.15) is 0 Å². The first-order valence-corrected chi connectivity index (χ1v) is 8.86. The summed E-state index contributed by atoms with van der Waals surface area (Å²) in [4.78, 5) is 6.64. The van der Waals surface area contributed by atoms with Crippen LogP contribution in [-0.2, 0) is 0 Å². The summed E-state index contributed by atoms with van der Waals surface area (Å²) in [5.41, 5.74) is 3.17. The molecule has 0 bridgehead atoms. The predicted molar refractivity (Wildman–Crippen MR) is 106 cm³/mol. The van der Waals surface area contributed by atoms with Gasteiger partial charge in [0.25, 0.3) is 0 Å². The first kappa shape index (κ1) is 16.6. The van der Waals surface area contributed by atoms with Crippen molar-refractivity contribution in [3.05, 3.63) is 78.4 Å². The maximum Gasteiger partial charge on any atom is 0.169 e. The molecule has 1 N–H and O–H groups in total. The number of nitrogens with zero attached hydrogens (tertiary/aromatic N) is 3. The van der Waals surface area contributed by atoms with E-state index in [1.807, 2.05) is 49.6 Å². The van der Waals surface area contributed by atoms with Gasteiger partial charge < -0.3 is 19.5 Å². The summed E-state index contributed by atoms with van der Waals surface area (Å²) in [6.07, 6.45) is 3.88. The summed E-state index contributed by atoms with van der Waals surface area (Å²) in [5.74, 6) is 0.830. The van der Waals surface area contributed by atoms with Crippen molar-refractivity contribution in [2.75, 3.05) is 14.2 Å². The van der Waals surface area contributed by atoms with E-state index in [1.54, 1.807) is 7.11 Å². The molecule has 2 aromatic heterocycles. The number of hydrogen-bond acceptors (Lipinski definition) is 3. The van der Waals surface area contributed by atoms with Crippen LogP contribution in [0.1, 0.15) is 23.5 Å². The molecule has 0 amide bonds. The molecule has 1 aromatic carbocycles. The number of benzene rings is 1. The van der Waals surface area contributed by atoms with Crippen LogP contribution in [0.25, 0.3) is 5.69 Å². The van der Waals surface area contributed by atoms with Gasteiger partial charge in [0.15, 0.2) is 5.11 Å². The topological polar surface area (TPSA) is 42.3 Å². The normalized spacial score (nSPS) is 19.5. The molecule has 3 aromatic rings. The Morgan fingerprint density at radius 2 is 2.00 bits per heavy atom. The average Bonchev–Trinajstić information content (AvgIpc) is 3.27. The molecule has 3 heterocycles. The summed E-state index contributed by atoms with van der Waals surface area (Å²) >= 11 is 5.53. The van der Waals surface area contributed by atoms with Crippen LogP contribution in [-0.4, -0.2) is 33.7 Å². The Labute approximate surface area is 158 Å². The molecule has 0 radical (unpaired) electrons. The van der Waals surface area contributed by atoms with E-state index in [0.29, 0.717) is 0 Å². The fourth-order valence-corrected chi connectivity index (χ4v) is 3.70. The van der Waals surface area contributed by atoms with Crippen LogP contribution in [0, 0.1) is 0 Å². The second kappa shape index (κ2) is 6.80. The van der Waals surface area contributed by atoms with Gasteiger partial charge in [0.2, 0.25) is 0 Å². The Bertz CT molecular complexity index is 924. The van der Waals surface area contributed by atoms with E-state index in [0.717, 1.165) is 27.9 Å². The number of likely N-dealkylation sites (N-methyl/N-ethyl adjacent to an activating group) is 1. The van der Waals surface area contributed by atoms with E-state index in [1.165, 1.54) is 0 Å². The maximum absolute atomic E-state index is 5.53. The summed E-state index contributed by atoms with van der Waals surface area (Å²) in [6.45, 7) is 0. The largest absolute Gasteiger partial charge is 0.497 e. The van der Waals surface area contributed by atoms with Gasteiger partial charge in [0.05, 0.1) is 24.9 Å². The first-order chi connectivity index (χ1) is 12.7. The lowest BCUT2D eigenvalue weighted by molar-refractivity contribution is 0.357. The third kappa shape index (κ3) is 2.82. The van der Waals surface area contributed by atoms with Crippen molar-refractivity contribution in [2.45, 2.75) is 12.1 Å². The Hall–Kier alpha value is -2.86. The molecule has 0 saturated carbocycles.